The lowest BCUT2D eigenvalue weighted by Crippen LogP contribution is -2.23. The van der Waals surface area contributed by atoms with Gasteiger partial charge < -0.3 is 10.1 Å². The summed E-state index contributed by atoms with van der Waals surface area (Å²) in [5, 5.41) is 3.40. The molecule has 0 heterocycles. The maximum atomic E-state index is 5.56. The number of unbranched alkanes of at least 4 members (excludes halogenated alkanes) is 1. The highest BCUT2D eigenvalue weighted by Gasteiger charge is 2.04. The third kappa shape index (κ3) is 8.52. The van der Waals surface area contributed by atoms with Crippen LogP contribution < -0.4 is 5.32 Å². The van der Waals surface area contributed by atoms with Crippen LogP contribution in [-0.4, -0.2) is 26.3 Å². The van der Waals surface area contributed by atoms with E-state index in [1.807, 2.05) is 0 Å². The summed E-state index contributed by atoms with van der Waals surface area (Å²) in [6.07, 6.45) is 4.88. The Balaban J connectivity index is 3.24. The van der Waals surface area contributed by atoms with Crippen LogP contribution >= 0.6 is 0 Å². The van der Waals surface area contributed by atoms with Gasteiger partial charge in [0, 0.05) is 13.2 Å². The van der Waals surface area contributed by atoms with Crippen LogP contribution in [0.3, 0.4) is 0 Å². The van der Waals surface area contributed by atoms with Gasteiger partial charge in [0.15, 0.2) is 0 Å². The van der Waals surface area contributed by atoms with Crippen LogP contribution in [0.1, 0.15) is 46.5 Å². The van der Waals surface area contributed by atoms with Gasteiger partial charge in [-0.15, -0.1) is 0 Å². The largest absolute Gasteiger partial charge is 0.381 e. The number of rotatable bonds is 10. The maximum absolute atomic E-state index is 5.56. The second-order valence-corrected chi connectivity index (χ2v) is 3.84. The average Bonchev–Trinajstić information content (AvgIpc) is 2.22. The first-order chi connectivity index (χ1) is 6.85. The van der Waals surface area contributed by atoms with Crippen molar-refractivity contribution in [1.29, 1.82) is 0 Å². The van der Waals surface area contributed by atoms with Crippen molar-refractivity contribution in [3.05, 3.63) is 0 Å². The van der Waals surface area contributed by atoms with Gasteiger partial charge in [-0.3, -0.25) is 0 Å². The Labute approximate surface area is 89.4 Å². The topological polar surface area (TPSA) is 21.3 Å². The molecule has 0 spiro atoms. The van der Waals surface area contributed by atoms with E-state index in [2.05, 4.69) is 26.1 Å². The van der Waals surface area contributed by atoms with Gasteiger partial charge in [-0.2, -0.15) is 0 Å². The number of hydrogen-bond acceptors (Lipinski definition) is 2. The van der Waals surface area contributed by atoms with E-state index in [4.69, 9.17) is 4.74 Å². The van der Waals surface area contributed by atoms with Crippen LogP contribution in [0.4, 0.5) is 0 Å². The Morgan fingerprint density at radius 1 is 1.14 bits per heavy atom. The molecule has 0 rings (SSSR count). The van der Waals surface area contributed by atoms with Crippen molar-refractivity contribution in [1.82, 2.24) is 5.32 Å². The molecule has 0 aliphatic heterocycles. The Morgan fingerprint density at radius 3 is 2.50 bits per heavy atom. The van der Waals surface area contributed by atoms with Gasteiger partial charge in [-0.05, 0) is 31.8 Å². The lowest BCUT2D eigenvalue weighted by atomic mass is 10.0. The van der Waals surface area contributed by atoms with Gasteiger partial charge in [0.25, 0.3) is 0 Å². The number of ether oxygens (including phenoxy) is 1. The molecule has 0 aromatic carbocycles. The van der Waals surface area contributed by atoms with Crippen LogP contribution in [-0.2, 0) is 4.74 Å². The van der Waals surface area contributed by atoms with Gasteiger partial charge >= 0.3 is 0 Å². The van der Waals surface area contributed by atoms with Gasteiger partial charge in [0.1, 0.15) is 0 Å². The zero-order chi connectivity index (χ0) is 10.6. The van der Waals surface area contributed by atoms with E-state index in [1.54, 1.807) is 0 Å². The standard InChI is InChI=1S/C12H27NO/c1-4-7-9-14-10-8-12(5-2)11-13-6-3/h12-13H,4-11H2,1-3H3. The molecule has 2 nitrogen and oxygen atoms in total. The minimum Gasteiger partial charge on any atom is -0.381 e. The van der Waals surface area contributed by atoms with Crippen molar-refractivity contribution in [3.8, 4) is 0 Å². The SMILES string of the molecule is CCCCOCCC(CC)CNCC. The highest BCUT2D eigenvalue weighted by Crippen LogP contribution is 2.06. The van der Waals surface area contributed by atoms with Crippen molar-refractivity contribution in [2.24, 2.45) is 5.92 Å². The monoisotopic (exact) mass is 201 g/mol. The Morgan fingerprint density at radius 2 is 1.93 bits per heavy atom. The molecule has 1 unspecified atom stereocenters. The highest BCUT2D eigenvalue weighted by molar-refractivity contribution is 4.59. The summed E-state index contributed by atoms with van der Waals surface area (Å²) in [6.45, 7) is 10.7. The van der Waals surface area contributed by atoms with Crippen molar-refractivity contribution in [2.75, 3.05) is 26.3 Å². The highest BCUT2D eigenvalue weighted by atomic mass is 16.5. The summed E-state index contributed by atoms with van der Waals surface area (Å²) in [5.74, 6) is 0.788. The minimum absolute atomic E-state index is 0.788. The molecule has 0 saturated carbocycles. The van der Waals surface area contributed by atoms with Crippen molar-refractivity contribution in [3.63, 3.8) is 0 Å². The summed E-state index contributed by atoms with van der Waals surface area (Å²) in [4.78, 5) is 0. The molecule has 1 atom stereocenters. The molecule has 0 aliphatic rings. The lowest BCUT2D eigenvalue weighted by Gasteiger charge is -2.14. The lowest BCUT2D eigenvalue weighted by molar-refractivity contribution is 0.116. The zero-order valence-corrected chi connectivity index (χ0v) is 10.1. The van der Waals surface area contributed by atoms with Gasteiger partial charge in [-0.25, -0.2) is 0 Å². The van der Waals surface area contributed by atoms with Crippen LogP contribution in [0.25, 0.3) is 0 Å². The van der Waals surface area contributed by atoms with Gasteiger partial charge in [0.05, 0.1) is 0 Å². The minimum atomic E-state index is 0.788. The molecule has 2 heteroatoms. The maximum Gasteiger partial charge on any atom is 0.0469 e. The molecular weight excluding hydrogens is 174 g/mol. The predicted molar refractivity (Wildman–Crippen MR) is 62.7 cm³/mol. The molecule has 0 aliphatic carbocycles. The molecule has 1 N–H and O–H groups in total. The van der Waals surface area contributed by atoms with Crippen LogP contribution in [0.15, 0.2) is 0 Å². The van der Waals surface area contributed by atoms with E-state index in [9.17, 15) is 0 Å². The second kappa shape index (κ2) is 11.0. The summed E-state index contributed by atoms with van der Waals surface area (Å²) in [7, 11) is 0. The molecule has 0 fully saturated rings. The average molecular weight is 201 g/mol. The fraction of sp³-hybridized carbons (Fsp3) is 1.00. The normalized spacial score (nSPS) is 13.1. The third-order valence-corrected chi connectivity index (χ3v) is 2.57. The van der Waals surface area contributed by atoms with Gasteiger partial charge in [0.2, 0.25) is 0 Å². The quantitative estimate of drug-likeness (QED) is 0.549. The molecule has 0 amide bonds. The zero-order valence-electron chi connectivity index (χ0n) is 10.1. The van der Waals surface area contributed by atoms with Crippen molar-refractivity contribution >= 4 is 0 Å². The van der Waals surface area contributed by atoms with Crippen LogP contribution in [0, 0.1) is 5.92 Å². The molecule has 0 aromatic heterocycles. The fourth-order valence-electron chi connectivity index (χ4n) is 1.40. The Hall–Kier alpha value is -0.0800. The predicted octanol–water partition coefficient (Wildman–Crippen LogP) is 2.83. The first kappa shape index (κ1) is 13.9. The van der Waals surface area contributed by atoms with E-state index < -0.39 is 0 Å². The van der Waals surface area contributed by atoms with Crippen LogP contribution in [0.5, 0.6) is 0 Å². The van der Waals surface area contributed by atoms with Gasteiger partial charge in [-0.1, -0.05) is 33.6 Å². The molecule has 86 valence electrons. The van der Waals surface area contributed by atoms with E-state index >= 15 is 0 Å². The first-order valence-corrected chi connectivity index (χ1v) is 6.13. The van der Waals surface area contributed by atoms with E-state index in [0.717, 1.165) is 32.2 Å². The van der Waals surface area contributed by atoms with E-state index in [0.29, 0.717) is 0 Å². The molecular formula is C12H27NO. The van der Waals surface area contributed by atoms with Crippen molar-refractivity contribution < 1.29 is 4.74 Å². The number of hydrogen-bond donors (Lipinski definition) is 1. The van der Waals surface area contributed by atoms with Crippen molar-refractivity contribution in [2.45, 2.75) is 46.5 Å². The van der Waals surface area contributed by atoms with Crippen LogP contribution in [0.2, 0.25) is 0 Å². The Bertz CT molecular complexity index is 106. The smallest absolute Gasteiger partial charge is 0.0469 e. The summed E-state index contributed by atoms with van der Waals surface area (Å²) >= 11 is 0. The number of nitrogens with one attached hydrogen (secondary N) is 1. The second-order valence-electron chi connectivity index (χ2n) is 3.84. The summed E-state index contributed by atoms with van der Waals surface area (Å²) in [6, 6.07) is 0. The summed E-state index contributed by atoms with van der Waals surface area (Å²) < 4.78 is 5.56. The van der Waals surface area contributed by atoms with E-state index in [-0.39, 0.29) is 0 Å². The molecule has 0 aromatic rings. The third-order valence-electron chi connectivity index (χ3n) is 2.57. The van der Waals surface area contributed by atoms with E-state index in [1.165, 1.54) is 25.7 Å². The summed E-state index contributed by atoms with van der Waals surface area (Å²) in [5.41, 5.74) is 0. The molecule has 0 saturated heterocycles. The Kier molecular flexibility index (Phi) is 10.9. The first-order valence-electron chi connectivity index (χ1n) is 6.13. The molecule has 14 heavy (non-hydrogen) atoms. The molecule has 0 radical (unpaired) electrons. The molecule has 0 bridgehead atoms. The fourth-order valence-corrected chi connectivity index (χ4v) is 1.40.